The Morgan fingerprint density at radius 2 is 2.08 bits per heavy atom. The molecule has 6 nitrogen and oxygen atoms in total. The molecule has 0 aliphatic carbocycles. The normalized spacial score (nSPS) is 26.6. The lowest BCUT2D eigenvalue weighted by atomic mass is 10.0. The predicted octanol–water partition coefficient (Wildman–Crippen LogP) is 0.769. The van der Waals surface area contributed by atoms with Crippen molar-refractivity contribution in [2.75, 3.05) is 63.9 Å². The Kier molecular flexibility index (Phi) is 4.69. The lowest BCUT2D eigenvalue weighted by molar-refractivity contribution is -0.0495. The predicted molar refractivity (Wildman–Crippen MR) is 96.9 cm³/mol. The number of anilines is 1. The highest BCUT2D eigenvalue weighted by Crippen LogP contribution is 2.29. The summed E-state index contributed by atoms with van der Waals surface area (Å²) in [6.07, 6.45) is 0. The van der Waals surface area contributed by atoms with Crippen LogP contribution in [0, 0.1) is 0 Å². The number of β-amino-alcohol motifs (C(OH)–C–C–N with tert-alkyl or cyclic N) is 1. The van der Waals surface area contributed by atoms with Crippen LogP contribution < -0.4 is 10.2 Å². The van der Waals surface area contributed by atoms with Gasteiger partial charge in [-0.1, -0.05) is 12.1 Å². The fraction of sp³-hybridized carbons (Fsp3) is 0.588. The number of hydrogen-bond acceptors (Lipinski definition) is 7. The summed E-state index contributed by atoms with van der Waals surface area (Å²) in [5.74, 6) is 1.11. The Morgan fingerprint density at radius 1 is 1.25 bits per heavy atom. The Bertz CT molecular complexity index is 676. The monoisotopic (exact) mass is 348 g/mol. The Labute approximate surface area is 146 Å². The summed E-state index contributed by atoms with van der Waals surface area (Å²) < 4.78 is 11.4. The zero-order valence-corrected chi connectivity index (χ0v) is 14.6. The van der Waals surface area contributed by atoms with Crippen molar-refractivity contribution in [3.8, 4) is 0 Å². The highest BCUT2D eigenvalue weighted by atomic mass is 32.1. The van der Waals surface area contributed by atoms with Gasteiger partial charge in [-0.2, -0.15) is 4.37 Å². The summed E-state index contributed by atoms with van der Waals surface area (Å²) >= 11 is 1.57. The molecule has 24 heavy (non-hydrogen) atoms. The van der Waals surface area contributed by atoms with Crippen LogP contribution in [0.2, 0.25) is 0 Å². The minimum Gasteiger partial charge on any atom is -0.385 e. The molecular formula is C17H24N4O2S. The van der Waals surface area contributed by atoms with E-state index in [1.807, 2.05) is 0 Å². The van der Waals surface area contributed by atoms with Gasteiger partial charge in [0.1, 0.15) is 11.4 Å². The van der Waals surface area contributed by atoms with E-state index in [9.17, 15) is 5.11 Å². The second-order valence-electron chi connectivity index (χ2n) is 6.72. The maximum absolute atomic E-state index is 10.7. The first kappa shape index (κ1) is 16.2. The molecule has 0 amide bonds. The average Bonchev–Trinajstić information content (AvgIpc) is 2.91. The van der Waals surface area contributed by atoms with Gasteiger partial charge >= 0.3 is 0 Å². The van der Waals surface area contributed by atoms with Gasteiger partial charge in [0.15, 0.2) is 0 Å². The van der Waals surface area contributed by atoms with Crippen LogP contribution in [0.15, 0.2) is 24.3 Å². The molecule has 1 aromatic heterocycles. The number of nitrogens with zero attached hydrogens (tertiary/aromatic N) is 3. The van der Waals surface area contributed by atoms with Crippen molar-refractivity contribution >= 4 is 27.4 Å². The molecule has 2 aliphatic heterocycles. The van der Waals surface area contributed by atoms with E-state index in [0.29, 0.717) is 26.3 Å². The van der Waals surface area contributed by atoms with Gasteiger partial charge in [-0.25, -0.2) is 0 Å². The Balaban J connectivity index is 1.38. The van der Waals surface area contributed by atoms with Crippen LogP contribution in [-0.2, 0) is 4.74 Å². The molecule has 4 rings (SSSR count). The third-order valence-electron chi connectivity index (χ3n) is 4.80. The van der Waals surface area contributed by atoms with E-state index in [-0.39, 0.29) is 0 Å². The summed E-state index contributed by atoms with van der Waals surface area (Å²) in [6, 6.07) is 8.41. The van der Waals surface area contributed by atoms with Crippen molar-refractivity contribution in [3.63, 3.8) is 0 Å². The zero-order valence-electron chi connectivity index (χ0n) is 13.8. The molecule has 2 saturated heterocycles. The Morgan fingerprint density at radius 3 is 2.96 bits per heavy atom. The number of piperazine rings is 1. The van der Waals surface area contributed by atoms with Crippen LogP contribution in [-0.4, -0.2) is 79.0 Å². The van der Waals surface area contributed by atoms with E-state index in [1.54, 1.807) is 11.5 Å². The second-order valence-corrected chi connectivity index (χ2v) is 7.52. The minimum absolute atomic E-state index is 0.414. The maximum Gasteiger partial charge on any atom is 0.150 e. The van der Waals surface area contributed by atoms with Crippen LogP contribution >= 0.6 is 11.5 Å². The van der Waals surface area contributed by atoms with Gasteiger partial charge in [-0.3, -0.25) is 4.90 Å². The molecule has 0 unspecified atom stereocenters. The standard InChI is InChI=1S/C17H24N4O2S/c22-17(11-18-5-10-23-13-17)12-20-6-8-21(9-7-20)16-14-3-1-2-4-15(14)24-19-16/h1-4,18,22H,5-13H2/t17-/m1/s1. The van der Waals surface area contributed by atoms with Crippen molar-refractivity contribution in [1.29, 1.82) is 0 Å². The molecule has 2 aliphatic rings. The molecule has 2 fully saturated rings. The van der Waals surface area contributed by atoms with Crippen LogP contribution in [0.25, 0.3) is 10.1 Å². The second kappa shape index (κ2) is 6.93. The van der Waals surface area contributed by atoms with Gasteiger partial charge in [-0.05, 0) is 23.7 Å². The SMILES string of the molecule is O[C@@]1(CN2CCN(c3nsc4ccccc34)CC2)CNCCOC1. The number of rotatable bonds is 3. The first-order chi connectivity index (χ1) is 11.7. The third kappa shape index (κ3) is 3.41. The number of fused-ring (bicyclic) bond motifs is 1. The molecule has 0 radical (unpaired) electrons. The number of aliphatic hydroxyl groups is 1. The highest BCUT2D eigenvalue weighted by Gasteiger charge is 2.32. The van der Waals surface area contributed by atoms with Crippen LogP contribution in [0.4, 0.5) is 5.82 Å². The molecule has 1 aromatic carbocycles. The summed E-state index contributed by atoms with van der Waals surface area (Å²) in [7, 11) is 0. The largest absolute Gasteiger partial charge is 0.385 e. The number of ether oxygens (including phenoxy) is 1. The number of hydrogen-bond donors (Lipinski definition) is 2. The topological polar surface area (TPSA) is 60.9 Å². The van der Waals surface area contributed by atoms with Gasteiger partial charge in [0.25, 0.3) is 0 Å². The molecule has 7 heteroatoms. The van der Waals surface area contributed by atoms with E-state index in [4.69, 9.17) is 4.74 Å². The van der Waals surface area contributed by atoms with Crippen LogP contribution in [0.1, 0.15) is 0 Å². The van der Waals surface area contributed by atoms with Crippen LogP contribution in [0.3, 0.4) is 0 Å². The van der Waals surface area contributed by atoms with Gasteiger partial charge < -0.3 is 20.1 Å². The first-order valence-corrected chi connectivity index (χ1v) is 9.33. The lowest BCUT2D eigenvalue weighted by Crippen LogP contribution is -2.56. The van der Waals surface area contributed by atoms with Gasteiger partial charge in [0.2, 0.25) is 0 Å². The number of benzene rings is 1. The fourth-order valence-electron chi connectivity index (χ4n) is 3.51. The fourth-order valence-corrected chi connectivity index (χ4v) is 4.31. The molecule has 0 saturated carbocycles. The Hall–Kier alpha value is -1.25. The van der Waals surface area contributed by atoms with Gasteiger partial charge in [0, 0.05) is 51.2 Å². The van der Waals surface area contributed by atoms with Crippen molar-refractivity contribution in [2.24, 2.45) is 0 Å². The minimum atomic E-state index is -0.786. The molecule has 0 spiro atoms. The smallest absolute Gasteiger partial charge is 0.150 e. The zero-order chi connectivity index (χ0) is 16.4. The summed E-state index contributed by atoms with van der Waals surface area (Å²) in [5, 5.41) is 15.2. The van der Waals surface area contributed by atoms with Crippen LogP contribution in [0.5, 0.6) is 0 Å². The van der Waals surface area contributed by atoms with E-state index in [1.165, 1.54) is 10.1 Å². The van der Waals surface area contributed by atoms with E-state index < -0.39 is 5.60 Å². The molecule has 3 heterocycles. The molecule has 1 atom stereocenters. The maximum atomic E-state index is 10.7. The first-order valence-electron chi connectivity index (χ1n) is 8.56. The molecule has 0 bridgehead atoms. The van der Waals surface area contributed by atoms with Gasteiger partial charge in [-0.15, -0.1) is 0 Å². The molecule has 130 valence electrons. The number of nitrogens with one attached hydrogen (secondary N) is 1. The van der Waals surface area contributed by atoms with Gasteiger partial charge in [0.05, 0.1) is 17.9 Å². The molecule has 2 aromatic rings. The van der Waals surface area contributed by atoms with E-state index in [2.05, 4.69) is 43.8 Å². The highest BCUT2D eigenvalue weighted by molar-refractivity contribution is 7.13. The third-order valence-corrected chi connectivity index (χ3v) is 5.61. The quantitative estimate of drug-likeness (QED) is 0.854. The van der Waals surface area contributed by atoms with E-state index >= 15 is 0 Å². The van der Waals surface area contributed by atoms with Crippen molar-refractivity contribution < 1.29 is 9.84 Å². The van der Waals surface area contributed by atoms with E-state index in [0.717, 1.165) is 38.5 Å². The molecule has 2 N–H and O–H groups in total. The van der Waals surface area contributed by atoms with Crippen molar-refractivity contribution in [2.45, 2.75) is 5.60 Å². The average molecular weight is 348 g/mol. The summed E-state index contributed by atoms with van der Waals surface area (Å²) in [5.41, 5.74) is -0.786. The van der Waals surface area contributed by atoms with Crippen molar-refractivity contribution in [3.05, 3.63) is 24.3 Å². The summed E-state index contributed by atoms with van der Waals surface area (Å²) in [4.78, 5) is 4.70. The molecular weight excluding hydrogens is 324 g/mol. The van der Waals surface area contributed by atoms with Crippen molar-refractivity contribution in [1.82, 2.24) is 14.6 Å². The number of aromatic nitrogens is 1. The lowest BCUT2D eigenvalue weighted by Gasteiger charge is -2.39. The summed E-state index contributed by atoms with van der Waals surface area (Å²) in [6.45, 7) is 6.92.